The fraction of sp³-hybridized carbons (Fsp3) is 0.667. The van der Waals surface area contributed by atoms with Crippen molar-refractivity contribution in [3.8, 4) is 0 Å². The second kappa shape index (κ2) is 15.0. The van der Waals surface area contributed by atoms with Gasteiger partial charge < -0.3 is 26.6 Å². The Hall–Kier alpha value is -3.41. The zero-order chi connectivity index (χ0) is 34.6. The van der Waals surface area contributed by atoms with E-state index in [1.165, 1.54) is 29.5 Å². The van der Waals surface area contributed by atoms with Crippen molar-refractivity contribution < 1.29 is 28.8 Å². The number of Topliss-reactive ketones (excluding diaryl/α,β-unsaturated/α-hetero) is 2. The molecule has 262 valence electrons. The summed E-state index contributed by atoms with van der Waals surface area (Å²) in [6, 6.07) is 6.75. The predicted molar refractivity (Wildman–Crippen MR) is 184 cm³/mol. The van der Waals surface area contributed by atoms with E-state index in [0.717, 1.165) is 44.4 Å². The summed E-state index contributed by atoms with van der Waals surface area (Å²) in [4.78, 5) is 81.0. The Morgan fingerprint density at radius 2 is 1.69 bits per heavy atom. The van der Waals surface area contributed by atoms with Gasteiger partial charge in [0.2, 0.25) is 11.8 Å². The molecule has 5 N–H and O–H groups in total. The monoisotopic (exact) mass is 681 g/mol. The first-order valence-electron chi connectivity index (χ1n) is 17.5. The first kappa shape index (κ1) is 35.9. The minimum atomic E-state index is -1.11. The van der Waals surface area contributed by atoms with E-state index in [1.807, 2.05) is 39.0 Å². The molecular weight excluding hydrogens is 630 g/mol. The molecule has 1 aromatic carbocycles. The van der Waals surface area contributed by atoms with E-state index in [2.05, 4.69) is 16.0 Å². The number of nitrogens with one attached hydrogen (secondary N) is 3. The maximum atomic E-state index is 14.3. The Bertz CT molecular complexity index is 1390. The highest BCUT2D eigenvalue weighted by atomic mass is 32.2. The largest absolute Gasteiger partial charge is 0.363 e. The number of fused-ring (bicyclic) bond motifs is 1. The van der Waals surface area contributed by atoms with Crippen molar-refractivity contribution in [1.29, 1.82) is 0 Å². The molecule has 0 bridgehead atoms. The Labute approximate surface area is 287 Å². The molecule has 12 heteroatoms. The molecule has 1 aromatic rings. The molecular formula is C36H51N5O6S. The fourth-order valence-electron chi connectivity index (χ4n) is 7.36. The first-order valence-corrected chi connectivity index (χ1v) is 18.6. The number of nitrogens with two attached hydrogens (primary N) is 1. The third-order valence-corrected chi connectivity index (χ3v) is 11.6. The van der Waals surface area contributed by atoms with Crippen LogP contribution in [0.25, 0.3) is 0 Å². The highest BCUT2D eigenvalue weighted by molar-refractivity contribution is 8.00. The molecule has 0 aromatic heterocycles. The van der Waals surface area contributed by atoms with Gasteiger partial charge in [-0.3, -0.25) is 24.0 Å². The van der Waals surface area contributed by atoms with Gasteiger partial charge in [-0.05, 0) is 61.0 Å². The third-order valence-electron chi connectivity index (χ3n) is 10.4. The van der Waals surface area contributed by atoms with Gasteiger partial charge in [0.05, 0.1) is 0 Å². The lowest BCUT2D eigenvalue weighted by Gasteiger charge is -2.40. The quantitative estimate of drug-likeness (QED) is 0.0941. The van der Waals surface area contributed by atoms with Crippen molar-refractivity contribution in [2.75, 3.05) is 12.3 Å². The molecule has 1 unspecified atom stereocenters. The number of benzene rings is 1. The topological polar surface area (TPSA) is 168 Å². The van der Waals surface area contributed by atoms with Crippen molar-refractivity contribution in [2.24, 2.45) is 28.9 Å². The Morgan fingerprint density at radius 3 is 2.31 bits per heavy atom. The van der Waals surface area contributed by atoms with Gasteiger partial charge in [0, 0.05) is 24.1 Å². The SMILES string of the molecule is CC(C)(C)[C@H](NC(=O)NC1(CC(=O)c2ccccc2)CCCCC1)C(=O)N1C[C@@H]2C[C@@H]2[C@H]1C(=O)NC(SCCCC1CC1)C(=O)C(N)=O. The van der Waals surface area contributed by atoms with Crippen LogP contribution in [0.2, 0.25) is 0 Å². The number of amides is 5. The summed E-state index contributed by atoms with van der Waals surface area (Å²) >= 11 is 1.20. The summed E-state index contributed by atoms with van der Waals surface area (Å²) in [5.41, 5.74) is 4.49. The molecule has 3 saturated carbocycles. The van der Waals surface area contributed by atoms with Gasteiger partial charge >= 0.3 is 6.03 Å². The van der Waals surface area contributed by atoms with Gasteiger partial charge in [-0.25, -0.2) is 4.79 Å². The second-order valence-electron chi connectivity index (χ2n) is 15.4. The number of likely N-dealkylation sites (tertiary alicyclic amines) is 1. The second-order valence-corrected chi connectivity index (χ2v) is 16.6. The molecule has 1 saturated heterocycles. The maximum Gasteiger partial charge on any atom is 0.315 e. The van der Waals surface area contributed by atoms with Gasteiger partial charge in [-0.1, -0.05) is 83.2 Å². The Kier molecular flexibility index (Phi) is 11.2. The first-order chi connectivity index (χ1) is 22.8. The average Bonchev–Trinajstić information content (AvgIpc) is 3.98. The van der Waals surface area contributed by atoms with Crippen LogP contribution in [0.5, 0.6) is 0 Å². The summed E-state index contributed by atoms with van der Waals surface area (Å²) in [6.07, 6.45) is 9.44. The van der Waals surface area contributed by atoms with E-state index in [1.54, 1.807) is 12.1 Å². The summed E-state index contributed by atoms with van der Waals surface area (Å²) in [6.45, 7) is 5.94. The predicted octanol–water partition coefficient (Wildman–Crippen LogP) is 3.94. The number of hydrogen-bond acceptors (Lipinski definition) is 7. The minimum Gasteiger partial charge on any atom is -0.363 e. The van der Waals surface area contributed by atoms with Gasteiger partial charge in [-0.2, -0.15) is 0 Å². The number of ketones is 2. The van der Waals surface area contributed by atoms with Crippen LogP contribution < -0.4 is 21.7 Å². The summed E-state index contributed by atoms with van der Waals surface area (Å²) < 4.78 is 0. The van der Waals surface area contributed by atoms with Crippen molar-refractivity contribution in [3.63, 3.8) is 0 Å². The highest BCUT2D eigenvalue weighted by Crippen LogP contribution is 2.50. The van der Waals surface area contributed by atoms with Gasteiger partial charge in [-0.15, -0.1) is 11.8 Å². The van der Waals surface area contributed by atoms with Crippen LogP contribution in [0.15, 0.2) is 30.3 Å². The molecule has 11 nitrogen and oxygen atoms in total. The number of thioether (sulfide) groups is 1. The summed E-state index contributed by atoms with van der Waals surface area (Å²) in [5.74, 6) is -1.44. The van der Waals surface area contributed by atoms with Crippen molar-refractivity contribution in [3.05, 3.63) is 35.9 Å². The Balaban J connectivity index is 1.26. The Morgan fingerprint density at radius 1 is 1.00 bits per heavy atom. The molecule has 5 atom stereocenters. The van der Waals surface area contributed by atoms with Crippen LogP contribution in [-0.4, -0.2) is 75.5 Å². The third kappa shape index (κ3) is 8.98. The molecule has 5 amide bonds. The molecule has 4 aliphatic rings. The normalized spacial score (nSPS) is 24.1. The van der Waals surface area contributed by atoms with E-state index < -0.39 is 52.0 Å². The van der Waals surface area contributed by atoms with Crippen molar-refractivity contribution in [2.45, 2.75) is 114 Å². The molecule has 5 rings (SSSR count). The van der Waals surface area contributed by atoms with Crippen LogP contribution in [0.1, 0.15) is 102 Å². The number of rotatable bonds is 15. The number of carbonyl (C=O) groups is 6. The number of hydrogen-bond donors (Lipinski definition) is 4. The van der Waals surface area contributed by atoms with E-state index in [0.29, 0.717) is 30.7 Å². The number of piperidine rings is 1. The van der Waals surface area contributed by atoms with E-state index in [4.69, 9.17) is 5.73 Å². The summed E-state index contributed by atoms with van der Waals surface area (Å²) in [5, 5.41) is 7.67. The zero-order valence-corrected chi connectivity index (χ0v) is 29.2. The molecule has 0 spiro atoms. The van der Waals surface area contributed by atoms with E-state index in [-0.39, 0.29) is 29.9 Å². The van der Waals surface area contributed by atoms with Crippen LogP contribution in [0, 0.1) is 23.2 Å². The average molecular weight is 682 g/mol. The standard InChI is InChI=1S/C36H51N5O6S/c1-35(2,3)29(38-34(47)40-36(16-8-5-9-17-36)20-26(42)23-12-6-4-7-13-23)33(46)41-21-24-19-25(24)27(41)31(45)39-32(28(43)30(37)44)48-18-10-11-22-14-15-22/h4,6-7,12-13,22,24-25,27,29,32H,5,8-11,14-21H2,1-3H3,(H2,37,44)(H,39,45)(H2,38,40,47)/t24-,25-,27-,29+,32?/m0/s1. The lowest BCUT2D eigenvalue weighted by Crippen LogP contribution is -2.62. The van der Waals surface area contributed by atoms with Crippen molar-refractivity contribution >= 4 is 47.1 Å². The number of nitrogens with zero attached hydrogens (tertiary/aromatic N) is 1. The fourth-order valence-corrected chi connectivity index (χ4v) is 8.40. The van der Waals surface area contributed by atoms with Gasteiger partial charge in [0.1, 0.15) is 17.5 Å². The number of carbonyl (C=O) groups excluding carboxylic acids is 6. The van der Waals surface area contributed by atoms with Crippen LogP contribution in [0.4, 0.5) is 4.79 Å². The molecule has 4 fully saturated rings. The van der Waals surface area contributed by atoms with E-state index >= 15 is 0 Å². The van der Waals surface area contributed by atoms with Crippen LogP contribution in [0.3, 0.4) is 0 Å². The van der Waals surface area contributed by atoms with Gasteiger partial charge in [0.15, 0.2) is 5.78 Å². The summed E-state index contributed by atoms with van der Waals surface area (Å²) in [7, 11) is 0. The molecule has 0 radical (unpaired) electrons. The number of urea groups is 1. The maximum absolute atomic E-state index is 14.3. The van der Waals surface area contributed by atoms with E-state index in [9.17, 15) is 28.8 Å². The zero-order valence-electron chi connectivity index (χ0n) is 28.4. The van der Waals surface area contributed by atoms with Crippen LogP contribution in [-0.2, 0) is 19.2 Å². The highest BCUT2D eigenvalue weighted by Gasteiger charge is 2.58. The molecule has 1 heterocycles. The number of primary amides is 1. The minimum absolute atomic E-state index is 0.0411. The lowest BCUT2D eigenvalue weighted by molar-refractivity contribution is -0.143. The van der Waals surface area contributed by atoms with Crippen LogP contribution >= 0.6 is 11.8 Å². The van der Waals surface area contributed by atoms with Crippen molar-refractivity contribution in [1.82, 2.24) is 20.9 Å². The molecule has 3 aliphatic carbocycles. The smallest absolute Gasteiger partial charge is 0.315 e. The lowest BCUT2D eigenvalue weighted by atomic mass is 9.77. The molecule has 1 aliphatic heterocycles. The molecule has 48 heavy (non-hydrogen) atoms. The van der Waals surface area contributed by atoms with Gasteiger partial charge in [0.25, 0.3) is 11.7 Å².